The third-order valence-electron chi connectivity index (χ3n) is 4.84. The molecular weight excluding hydrogens is 419 g/mol. The van der Waals surface area contributed by atoms with Crippen molar-refractivity contribution in [3.8, 4) is 0 Å². The van der Waals surface area contributed by atoms with Gasteiger partial charge >= 0.3 is 23.7 Å². The fourth-order valence-electron chi connectivity index (χ4n) is 3.26. The Kier molecular flexibility index (Phi) is 5.13. The number of H-pyrrole nitrogens is 1. The second kappa shape index (κ2) is 7.78. The highest BCUT2D eigenvalue weighted by molar-refractivity contribution is 6.39. The number of carbonyl (C=O) groups is 2. The topological polar surface area (TPSA) is 112 Å². The monoisotopic (exact) mass is 435 g/mol. The highest BCUT2D eigenvalue weighted by atomic mass is 19.4. The summed E-state index contributed by atoms with van der Waals surface area (Å²) in [5.74, 6) is -2.21. The quantitative estimate of drug-likeness (QED) is 0.594. The largest absolute Gasteiger partial charge is 0.433 e. The molecule has 12 heteroatoms. The molecule has 0 saturated carbocycles. The van der Waals surface area contributed by atoms with Gasteiger partial charge in [0.2, 0.25) is 0 Å². The van der Waals surface area contributed by atoms with Crippen LogP contribution in [0.15, 0.2) is 45.7 Å². The number of benzene rings is 1. The van der Waals surface area contributed by atoms with Crippen molar-refractivity contribution in [2.24, 2.45) is 0 Å². The van der Waals surface area contributed by atoms with Gasteiger partial charge in [0.25, 0.3) is 0 Å². The van der Waals surface area contributed by atoms with Gasteiger partial charge in [0.1, 0.15) is 5.69 Å². The minimum atomic E-state index is -4.51. The van der Waals surface area contributed by atoms with Crippen molar-refractivity contribution in [1.29, 1.82) is 0 Å². The molecule has 1 aromatic carbocycles. The number of alkyl halides is 3. The van der Waals surface area contributed by atoms with Crippen LogP contribution in [0, 0.1) is 0 Å². The number of nitrogens with zero attached hydrogens (tertiary/aromatic N) is 3. The second-order valence-electron chi connectivity index (χ2n) is 6.86. The highest BCUT2D eigenvalue weighted by Crippen LogP contribution is 2.28. The van der Waals surface area contributed by atoms with Gasteiger partial charge in [-0.1, -0.05) is 0 Å². The zero-order valence-corrected chi connectivity index (χ0v) is 15.9. The zero-order valence-electron chi connectivity index (χ0n) is 15.9. The molecule has 2 N–H and O–H groups in total. The maximum Gasteiger partial charge on any atom is 0.433 e. The van der Waals surface area contributed by atoms with E-state index in [0.717, 1.165) is 12.3 Å². The molecule has 9 nitrogen and oxygen atoms in total. The molecule has 0 unspecified atom stereocenters. The number of carbonyl (C=O) groups excluding carboxylic acids is 2. The Balaban J connectivity index is 1.34. The Bertz CT molecular complexity index is 1180. The van der Waals surface area contributed by atoms with Crippen LogP contribution in [0.3, 0.4) is 0 Å². The molecule has 1 aliphatic rings. The minimum absolute atomic E-state index is 0.221. The van der Waals surface area contributed by atoms with E-state index in [1.807, 2.05) is 0 Å². The molecule has 3 aromatic rings. The molecule has 0 bridgehead atoms. The molecule has 31 heavy (non-hydrogen) atoms. The van der Waals surface area contributed by atoms with Crippen molar-refractivity contribution in [3.63, 3.8) is 0 Å². The zero-order chi connectivity index (χ0) is 22.2. The average molecular weight is 435 g/mol. The van der Waals surface area contributed by atoms with E-state index in [1.54, 1.807) is 4.90 Å². The minimum Gasteiger partial charge on any atom is -0.408 e. The number of hydrogen-bond acceptors (Lipinski definition) is 6. The van der Waals surface area contributed by atoms with Gasteiger partial charge in [-0.25, -0.2) is 9.78 Å². The lowest BCUT2D eigenvalue weighted by molar-refractivity contribution is -0.143. The number of aromatic nitrogens is 2. The summed E-state index contributed by atoms with van der Waals surface area (Å²) < 4.78 is 42.8. The molecule has 0 atom stereocenters. The molecule has 162 valence electrons. The number of pyridine rings is 1. The number of hydrogen-bond donors (Lipinski definition) is 2. The van der Waals surface area contributed by atoms with Gasteiger partial charge in [0.15, 0.2) is 5.58 Å². The first-order chi connectivity index (χ1) is 14.7. The van der Waals surface area contributed by atoms with Crippen LogP contribution in [0.2, 0.25) is 0 Å². The molecule has 3 heterocycles. The van der Waals surface area contributed by atoms with Crippen LogP contribution in [0.4, 0.5) is 24.5 Å². The molecule has 1 saturated heterocycles. The van der Waals surface area contributed by atoms with Gasteiger partial charge in [-0.3, -0.25) is 14.6 Å². The lowest BCUT2D eigenvalue weighted by Gasteiger charge is -2.35. The summed E-state index contributed by atoms with van der Waals surface area (Å²) in [6.45, 7) is 1.12. The number of rotatable bonds is 2. The van der Waals surface area contributed by atoms with E-state index < -0.39 is 29.4 Å². The first-order valence-electron chi connectivity index (χ1n) is 9.22. The summed E-state index contributed by atoms with van der Waals surface area (Å²) in [6, 6.07) is 6.72. The maximum atomic E-state index is 12.6. The summed E-state index contributed by atoms with van der Waals surface area (Å²) in [5, 5.41) is 2.47. The molecule has 4 rings (SSSR count). The first kappa shape index (κ1) is 20.4. The van der Waals surface area contributed by atoms with Crippen LogP contribution >= 0.6 is 0 Å². The predicted molar refractivity (Wildman–Crippen MR) is 103 cm³/mol. The van der Waals surface area contributed by atoms with Crippen LogP contribution in [0.25, 0.3) is 11.1 Å². The molecule has 1 aliphatic heterocycles. The molecule has 2 amide bonds. The SMILES string of the molecule is O=C(Nc1ccc2[nH]c(=O)oc2c1)C(=O)N1CCN(c2ccc(C(F)(F)F)nc2)CC1. The Morgan fingerprint density at radius 2 is 1.84 bits per heavy atom. The van der Waals surface area contributed by atoms with Crippen LogP contribution in [-0.2, 0) is 15.8 Å². The Morgan fingerprint density at radius 1 is 1.10 bits per heavy atom. The summed E-state index contributed by atoms with van der Waals surface area (Å²) in [5.41, 5.74) is 0.532. The summed E-state index contributed by atoms with van der Waals surface area (Å²) in [6.07, 6.45) is -3.36. The van der Waals surface area contributed by atoms with Gasteiger partial charge in [-0.15, -0.1) is 0 Å². The van der Waals surface area contributed by atoms with Crippen molar-refractivity contribution in [2.75, 3.05) is 36.4 Å². The molecule has 0 radical (unpaired) electrons. The van der Waals surface area contributed by atoms with Gasteiger partial charge in [-0.05, 0) is 24.3 Å². The van der Waals surface area contributed by atoms with Crippen molar-refractivity contribution in [3.05, 3.63) is 52.8 Å². The van der Waals surface area contributed by atoms with Crippen LogP contribution in [0.1, 0.15) is 5.69 Å². The number of anilines is 2. The van der Waals surface area contributed by atoms with E-state index in [4.69, 9.17) is 4.42 Å². The van der Waals surface area contributed by atoms with E-state index in [9.17, 15) is 27.6 Å². The van der Waals surface area contributed by atoms with E-state index in [1.165, 1.54) is 29.2 Å². The second-order valence-corrected chi connectivity index (χ2v) is 6.86. The number of nitrogens with one attached hydrogen (secondary N) is 2. The number of fused-ring (bicyclic) bond motifs is 1. The van der Waals surface area contributed by atoms with E-state index in [2.05, 4.69) is 15.3 Å². The number of amides is 2. The summed E-state index contributed by atoms with van der Waals surface area (Å²) in [7, 11) is 0. The molecule has 2 aromatic heterocycles. The molecular formula is C19H16F3N5O4. The lowest BCUT2D eigenvalue weighted by atomic mass is 10.2. The predicted octanol–water partition coefficient (Wildman–Crippen LogP) is 1.82. The molecule has 0 aliphatic carbocycles. The number of oxazole rings is 1. The van der Waals surface area contributed by atoms with Crippen LogP contribution in [0.5, 0.6) is 0 Å². The number of halogens is 3. The van der Waals surface area contributed by atoms with Crippen molar-refractivity contribution in [2.45, 2.75) is 6.18 Å². The number of aromatic amines is 1. The Hall–Kier alpha value is -3.83. The Morgan fingerprint density at radius 3 is 2.48 bits per heavy atom. The summed E-state index contributed by atoms with van der Waals surface area (Å²) >= 11 is 0. The molecule has 0 spiro atoms. The van der Waals surface area contributed by atoms with Gasteiger partial charge < -0.3 is 19.5 Å². The van der Waals surface area contributed by atoms with E-state index >= 15 is 0 Å². The normalized spacial score (nSPS) is 14.7. The third kappa shape index (κ3) is 4.37. The fourth-order valence-corrected chi connectivity index (χ4v) is 3.26. The Labute approximate surface area is 172 Å². The highest BCUT2D eigenvalue weighted by Gasteiger charge is 2.32. The van der Waals surface area contributed by atoms with Gasteiger partial charge in [-0.2, -0.15) is 13.2 Å². The third-order valence-corrected chi connectivity index (χ3v) is 4.84. The van der Waals surface area contributed by atoms with Crippen molar-refractivity contribution >= 4 is 34.3 Å². The first-order valence-corrected chi connectivity index (χ1v) is 9.22. The number of piperazine rings is 1. The van der Waals surface area contributed by atoms with E-state index in [-0.39, 0.29) is 18.7 Å². The smallest absolute Gasteiger partial charge is 0.408 e. The van der Waals surface area contributed by atoms with Gasteiger partial charge in [0.05, 0.1) is 17.4 Å². The fraction of sp³-hybridized carbons (Fsp3) is 0.263. The average Bonchev–Trinajstić information content (AvgIpc) is 3.12. The van der Waals surface area contributed by atoms with Gasteiger partial charge in [0, 0.05) is 37.9 Å². The van der Waals surface area contributed by atoms with Crippen molar-refractivity contribution in [1.82, 2.24) is 14.9 Å². The lowest BCUT2D eigenvalue weighted by Crippen LogP contribution is -2.51. The van der Waals surface area contributed by atoms with E-state index in [0.29, 0.717) is 30.0 Å². The van der Waals surface area contributed by atoms with Crippen LogP contribution in [-0.4, -0.2) is 52.9 Å². The van der Waals surface area contributed by atoms with Crippen LogP contribution < -0.4 is 16.0 Å². The standard InChI is InChI=1S/C19H16F3N5O4/c20-19(21,22)15-4-2-12(10-23-15)26-5-7-27(8-6-26)17(29)16(28)24-11-1-3-13-14(9-11)31-18(30)25-13/h1-4,9-10H,5-8H2,(H,24,28)(H,25,30). The maximum absolute atomic E-state index is 12.6. The van der Waals surface area contributed by atoms with Crippen molar-refractivity contribution < 1.29 is 27.2 Å². The molecule has 1 fully saturated rings. The summed E-state index contributed by atoms with van der Waals surface area (Å²) in [4.78, 5) is 45.0.